The maximum absolute atomic E-state index is 13.4. The van der Waals surface area contributed by atoms with Gasteiger partial charge >= 0.3 is 11.9 Å². The van der Waals surface area contributed by atoms with Crippen molar-refractivity contribution in [2.24, 2.45) is 9.98 Å². The first-order valence-electron chi connectivity index (χ1n) is 26.7. The number of esters is 2. The highest BCUT2D eigenvalue weighted by atomic mass is 79.9. The summed E-state index contributed by atoms with van der Waals surface area (Å²) in [5.41, 5.74) is 5.23. The van der Waals surface area contributed by atoms with Crippen LogP contribution < -0.4 is 9.47 Å². The molecule has 12 nitrogen and oxygen atoms in total. The van der Waals surface area contributed by atoms with Crippen molar-refractivity contribution in [3.8, 4) is 33.8 Å². The Kier molecular flexibility index (Phi) is 21.3. The van der Waals surface area contributed by atoms with Crippen LogP contribution in [0.25, 0.3) is 22.3 Å². The van der Waals surface area contributed by atoms with Gasteiger partial charge in [0, 0.05) is 28.4 Å². The van der Waals surface area contributed by atoms with Crippen LogP contribution in [0.3, 0.4) is 0 Å². The van der Waals surface area contributed by atoms with Gasteiger partial charge in [-0.3, -0.25) is 29.4 Å². The van der Waals surface area contributed by atoms with Crippen LogP contribution in [-0.2, 0) is 41.7 Å². The number of carbonyl (C=O) groups excluding carboxylic acids is 4. The summed E-state index contributed by atoms with van der Waals surface area (Å²) in [4.78, 5) is 65.0. The van der Waals surface area contributed by atoms with Crippen LogP contribution in [0.15, 0.2) is 166 Å². The van der Waals surface area contributed by atoms with Gasteiger partial charge in [0.25, 0.3) is 11.8 Å². The first-order chi connectivity index (χ1) is 37.1. The van der Waals surface area contributed by atoms with Gasteiger partial charge in [-0.25, -0.2) is 9.59 Å². The van der Waals surface area contributed by atoms with Crippen LogP contribution in [0.2, 0.25) is 0 Å². The number of aliphatic imine (C=N–C) groups is 2. The van der Waals surface area contributed by atoms with E-state index in [0.717, 1.165) is 99.2 Å². The molecule has 0 spiro atoms. The van der Waals surface area contributed by atoms with Gasteiger partial charge in [-0.1, -0.05) is 177 Å². The maximum Gasteiger partial charge on any atom is 0.349 e. The zero-order valence-corrected chi connectivity index (χ0v) is 47.2. The number of rotatable bonds is 22. The molecule has 0 aliphatic carbocycles. The molecule has 2 aliphatic rings. The number of hydrogen-bond donors (Lipinski definition) is 0. The minimum atomic E-state index is -1.14. The molecule has 13 heteroatoms. The van der Waals surface area contributed by atoms with Gasteiger partial charge in [-0.2, -0.15) is 0 Å². The summed E-state index contributed by atoms with van der Waals surface area (Å²) in [6.07, 6.45) is 5.61. The second-order valence-corrected chi connectivity index (χ2v) is 20.9. The van der Waals surface area contributed by atoms with Crippen molar-refractivity contribution in [1.29, 1.82) is 0 Å². The van der Waals surface area contributed by atoms with Crippen molar-refractivity contribution in [1.82, 2.24) is 9.80 Å². The van der Waals surface area contributed by atoms with Gasteiger partial charge in [0.1, 0.15) is 23.2 Å². The molecular weight excluding hydrogens is 1040 g/mol. The van der Waals surface area contributed by atoms with E-state index < -0.39 is 35.2 Å². The number of nitrogens with zero attached hydrogens (tertiary/aromatic N) is 4. The van der Waals surface area contributed by atoms with Crippen molar-refractivity contribution < 1.29 is 38.1 Å². The largest absolute Gasteiger partial charge is 0.476 e. The second kappa shape index (κ2) is 27.8. The number of halogens is 1. The summed E-state index contributed by atoms with van der Waals surface area (Å²) >= 11 is 3.55. The number of ether oxygens (including phenoxy) is 4. The summed E-state index contributed by atoms with van der Waals surface area (Å²) in [7, 11) is 0. The van der Waals surface area contributed by atoms with E-state index in [4.69, 9.17) is 28.9 Å². The highest BCUT2D eigenvalue weighted by Crippen LogP contribution is 2.38. The SMILES string of the molecule is C.CCCCC1=NC(c2ccccc2)C(=O)N1Cc1ccc(-c2cc(Br)ccc2OC(C)(C)C(=O)OCC)cc1.CCCCC1=NC(c2ccccc2)C(=O)N1Cc1ccc(-c2ccccc2OC(C)(C)C(=O)OCC)cc1. The molecule has 0 fully saturated rings. The number of carbonyl (C=O) groups is 4. The normalized spacial score (nSPS) is 15.1. The second-order valence-electron chi connectivity index (χ2n) is 20.0. The monoisotopic (exact) mass is 1120 g/mol. The zero-order valence-electron chi connectivity index (χ0n) is 45.6. The summed E-state index contributed by atoms with van der Waals surface area (Å²) < 4.78 is 23.5. The number of hydrogen-bond acceptors (Lipinski definition) is 10. The smallest absolute Gasteiger partial charge is 0.349 e. The van der Waals surface area contributed by atoms with Crippen LogP contribution in [-0.4, -0.2) is 69.6 Å². The fourth-order valence-corrected chi connectivity index (χ4v) is 9.37. The number of unbranched alkanes of at least 4 members (excludes halogenated alkanes) is 2. The third kappa shape index (κ3) is 15.0. The summed E-state index contributed by atoms with van der Waals surface area (Å²) in [5, 5.41) is 0. The minimum absolute atomic E-state index is 0. The number of para-hydroxylation sites is 1. The first-order valence-corrected chi connectivity index (χ1v) is 27.5. The highest BCUT2D eigenvalue weighted by Gasteiger charge is 2.37. The Bertz CT molecular complexity index is 3030. The highest BCUT2D eigenvalue weighted by molar-refractivity contribution is 9.10. The topological polar surface area (TPSA) is 136 Å². The van der Waals surface area contributed by atoms with Crippen molar-refractivity contribution in [3.05, 3.63) is 178 Å². The van der Waals surface area contributed by atoms with Crippen molar-refractivity contribution in [2.75, 3.05) is 13.2 Å². The Morgan fingerprint density at radius 1 is 0.526 bits per heavy atom. The van der Waals surface area contributed by atoms with Gasteiger partial charge < -0.3 is 18.9 Å². The molecule has 0 saturated heterocycles. The fraction of sp³-hybridized carbons (Fsp3) is 0.354. The van der Waals surface area contributed by atoms with E-state index in [-0.39, 0.29) is 25.8 Å². The number of amidine groups is 2. The van der Waals surface area contributed by atoms with Crippen molar-refractivity contribution in [3.63, 3.8) is 0 Å². The summed E-state index contributed by atoms with van der Waals surface area (Å²) in [5.74, 6) is 2.10. The fourth-order valence-electron chi connectivity index (χ4n) is 9.01. The number of amides is 2. The van der Waals surface area contributed by atoms with E-state index >= 15 is 0 Å². The Morgan fingerprint density at radius 2 is 0.923 bits per heavy atom. The molecule has 0 saturated carbocycles. The van der Waals surface area contributed by atoms with Gasteiger partial charge in [0.15, 0.2) is 23.3 Å². The molecule has 2 atom stereocenters. The van der Waals surface area contributed by atoms with Gasteiger partial charge in [0.2, 0.25) is 0 Å². The average Bonchev–Trinajstić information content (AvgIpc) is 3.92. The lowest BCUT2D eigenvalue weighted by Gasteiger charge is -2.26. The molecule has 6 aromatic rings. The third-order valence-electron chi connectivity index (χ3n) is 13.2. The molecule has 78 heavy (non-hydrogen) atoms. The van der Waals surface area contributed by atoms with Crippen LogP contribution in [0.1, 0.15) is 136 Å². The maximum atomic E-state index is 13.4. The van der Waals surface area contributed by atoms with E-state index in [2.05, 4.69) is 29.8 Å². The lowest BCUT2D eigenvalue weighted by atomic mass is 10.0. The molecule has 2 aliphatic heterocycles. The van der Waals surface area contributed by atoms with E-state index in [1.54, 1.807) is 41.5 Å². The third-order valence-corrected chi connectivity index (χ3v) is 13.7. The molecule has 0 bridgehead atoms. The molecule has 2 heterocycles. The molecule has 2 unspecified atom stereocenters. The molecule has 6 aromatic carbocycles. The van der Waals surface area contributed by atoms with E-state index in [9.17, 15) is 19.2 Å². The van der Waals surface area contributed by atoms with E-state index in [0.29, 0.717) is 31.2 Å². The lowest BCUT2D eigenvalue weighted by Crippen LogP contribution is -2.39. The Morgan fingerprint density at radius 3 is 1.35 bits per heavy atom. The predicted octanol–water partition coefficient (Wildman–Crippen LogP) is 14.9. The molecule has 2 amide bonds. The number of benzene rings is 6. The predicted molar refractivity (Wildman–Crippen MR) is 314 cm³/mol. The van der Waals surface area contributed by atoms with E-state index in [1.807, 2.05) is 161 Å². The van der Waals surface area contributed by atoms with Crippen LogP contribution in [0.4, 0.5) is 0 Å². The van der Waals surface area contributed by atoms with Crippen molar-refractivity contribution in [2.45, 2.75) is 138 Å². The van der Waals surface area contributed by atoms with Crippen molar-refractivity contribution >= 4 is 51.4 Å². The minimum Gasteiger partial charge on any atom is -0.476 e. The van der Waals surface area contributed by atoms with Gasteiger partial charge in [-0.05, 0) is 112 Å². The molecule has 410 valence electrons. The molecular formula is C65H75BrN4O8. The molecule has 0 radical (unpaired) electrons. The lowest BCUT2D eigenvalue weighted by molar-refractivity contribution is -0.159. The Labute approximate surface area is 470 Å². The summed E-state index contributed by atoms with van der Waals surface area (Å²) in [6.45, 7) is 16.2. The Hall–Kier alpha value is -7.38. The van der Waals surface area contributed by atoms with Gasteiger partial charge in [0.05, 0.1) is 26.3 Å². The molecule has 0 aromatic heterocycles. The van der Waals surface area contributed by atoms with Gasteiger partial charge in [-0.15, -0.1) is 0 Å². The zero-order chi connectivity index (χ0) is 55.1. The quantitative estimate of drug-likeness (QED) is 0.0613. The van der Waals surface area contributed by atoms with Crippen LogP contribution >= 0.6 is 15.9 Å². The molecule has 0 N–H and O–H groups in total. The first kappa shape index (κ1) is 59.9. The van der Waals surface area contributed by atoms with Crippen LogP contribution in [0, 0.1) is 0 Å². The Balaban J connectivity index is 0.000000249. The standard InChI is InChI=1S/C32H35BrN2O4.C32H36N2O4.CH4/c1-5-7-13-28-34-29(24-11-9-8-10-12-24)30(36)35(28)21-22-14-16-23(17-15-22)26-20-25(33)18-19-27(26)39-32(3,4)31(37)38-6-2;1-5-7-17-28-33-29(25-13-9-8-10-14-25)30(35)34(28)22-23-18-20-24(21-19-23)26-15-11-12-16-27(26)38-32(3,4)31(36)37-6-2;/h8-12,14-20,29H,5-7,13,21H2,1-4H3;8-16,18-21,29H,5-7,17,22H2,1-4H3;1H4. The summed E-state index contributed by atoms with van der Waals surface area (Å²) in [6, 6.07) is 48.1. The van der Waals surface area contributed by atoms with Crippen LogP contribution in [0.5, 0.6) is 11.5 Å². The average molecular weight is 1120 g/mol. The molecule has 8 rings (SSSR count). The van der Waals surface area contributed by atoms with E-state index in [1.165, 1.54) is 0 Å².